The van der Waals surface area contributed by atoms with Gasteiger partial charge in [-0.25, -0.2) is 4.79 Å². The number of nitrogens with one attached hydrogen (secondary N) is 2. The van der Waals surface area contributed by atoms with Crippen molar-refractivity contribution in [1.82, 2.24) is 10.6 Å². The van der Waals surface area contributed by atoms with Crippen molar-refractivity contribution in [3.05, 3.63) is 0 Å². The first-order valence-electron chi connectivity index (χ1n) is 5.83. The van der Waals surface area contributed by atoms with Crippen LogP contribution in [0.5, 0.6) is 0 Å². The van der Waals surface area contributed by atoms with E-state index in [1.165, 1.54) is 0 Å². The molecule has 1 aliphatic carbocycles. The first-order valence-corrected chi connectivity index (χ1v) is 5.83. The van der Waals surface area contributed by atoms with Crippen molar-refractivity contribution < 1.29 is 14.7 Å². The number of hydrogen-bond acceptors (Lipinski definition) is 3. The minimum Gasteiger partial charge on any atom is -0.480 e. The topological polar surface area (TPSA) is 78.4 Å². The lowest BCUT2D eigenvalue weighted by molar-refractivity contribution is -0.148. The summed E-state index contributed by atoms with van der Waals surface area (Å²) in [6, 6.07) is -0.211. The lowest BCUT2D eigenvalue weighted by Gasteiger charge is -2.27. The van der Waals surface area contributed by atoms with E-state index in [2.05, 4.69) is 10.6 Å². The molecule has 5 nitrogen and oxygen atoms in total. The monoisotopic (exact) mass is 226 g/mol. The summed E-state index contributed by atoms with van der Waals surface area (Å²) in [6.45, 7) is 2.45. The van der Waals surface area contributed by atoms with E-state index in [0.717, 1.165) is 32.2 Å². The van der Waals surface area contributed by atoms with Crippen LogP contribution in [0, 0.1) is 5.92 Å². The lowest BCUT2D eigenvalue weighted by Crippen LogP contribution is -2.57. The maximum atomic E-state index is 11.9. The molecule has 0 radical (unpaired) electrons. The first-order chi connectivity index (χ1) is 7.54. The Morgan fingerprint density at radius 3 is 2.50 bits per heavy atom. The van der Waals surface area contributed by atoms with E-state index in [9.17, 15) is 14.7 Å². The molecule has 5 heteroatoms. The van der Waals surface area contributed by atoms with E-state index >= 15 is 0 Å². The Morgan fingerprint density at radius 2 is 2.06 bits per heavy atom. The van der Waals surface area contributed by atoms with E-state index in [1.807, 2.05) is 0 Å². The van der Waals surface area contributed by atoms with Gasteiger partial charge in [0.1, 0.15) is 5.54 Å². The van der Waals surface area contributed by atoms with Crippen LogP contribution in [0.2, 0.25) is 0 Å². The van der Waals surface area contributed by atoms with Gasteiger partial charge in [-0.2, -0.15) is 0 Å². The fourth-order valence-corrected chi connectivity index (χ4v) is 2.24. The molecule has 2 aliphatic rings. The number of amides is 1. The lowest BCUT2D eigenvalue weighted by atomic mass is 9.95. The summed E-state index contributed by atoms with van der Waals surface area (Å²) in [7, 11) is 0. The predicted octanol–water partition coefficient (Wildman–Crippen LogP) is 0.108. The number of carboxylic acid groups (broad SMARTS) is 1. The van der Waals surface area contributed by atoms with Crippen LogP contribution in [0.4, 0.5) is 0 Å². The second-order valence-corrected chi connectivity index (χ2v) is 4.92. The maximum absolute atomic E-state index is 11.9. The van der Waals surface area contributed by atoms with Crippen molar-refractivity contribution in [2.45, 2.75) is 44.2 Å². The Balaban J connectivity index is 2.00. The quantitative estimate of drug-likeness (QED) is 0.635. The standard InChI is InChI=1S/C11H18N2O3/c1-11(10(15)16,7-4-5-7)13-9(14)8-3-2-6-12-8/h7-8,12H,2-6H2,1H3,(H,13,14)(H,15,16)/t8-,11?/m0/s1. The third-order valence-electron chi connectivity index (χ3n) is 3.60. The molecule has 0 aromatic carbocycles. The van der Waals surface area contributed by atoms with Gasteiger partial charge in [0.2, 0.25) is 5.91 Å². The molecule has 16 heavy (non-hydrogen) atoms. The molecule has 1 amide bonds. The number of rotatable bonds is 4. The molecule has 1 heterocycles. The van der Waals surface area contributed by atoms with Crippen LogP contribution in [0.15, 0.2) is 0 Å². The Bertz CT molecular complexity index is 308. The van der Waals surface area contributed by atoms with Crippen molar-refractivity contribution >= 4 is 11.9 Å². The zero-order chi connectivity index (χ0) is 11.8. The first kappa shape index (κ1) is 11.4. The highest BCUT2D eigenvalue weighted by Crippen LogP contribution is 2.39. The van der Waals surface area contributed by atoms with Gasteiger partial charge in [0.25, 0.3) is 0 Å². The van der Waals surface area contributed by atoms with E-state index in [4.69, 9.17) is 0 Å². The summed E-state index contributed by atoms with van der Waals surface area (Å²) in [4.78, 5) is 23.1. The summed E-state index contributed by atoms with van der Waals surface area (Å²) >= 11 is 0. The highest BCUT2D eigenvalue weighted by molar-refractivity contribution is 5.90. The molecule has 1 saturated heterocycles. The minimum atomic E-state index is -1.08. The van der Waals surface area contributed by atoms with Crippen LogP contribution in [0.1, 0.15) is 32.6 Å². The van der Waals surface area contributed by atoms with Gasteiger partial charge in [-0.1, -0.05) is 0 Å². The molecule has 1 unspecified atom stereocenters. The Labute approximate surface area is 94.6 Å². The number of carbonyl (C=O) groups is 2. The molecule has 0 aromatic rings. The van der Waals surface area contributed by atoms with Gasteiger partial charge in [0, 0.05) is 0 Å². The zero-order valence-electron chi connectivity index (χ0n) is 9.45. The Morgan fingerprint density at radius 1 is 1.38 bits per heavy atom. The van der Waals surface area contributed by atoms with Crippen LogP contribution >= 0.6 is 0 Å². The molecule has 0 bridgehead atoms. The van der Waals surface area contributed by atoms with Crippen molar-refractivity contribution in [1.29, 1.82) is 0 Å². The molecular formula is C11H18N2O3. The van der Waals surface area contributed by atoms with Crippen LogP contribution in [0.25, 0.3) is 0 Å². The van der Waals surface area contributed by atoms with Gasteiger partial charge in [0.15, 0.2) is 0 Å². The van der Waals surface area contributed by atoms with E-state index < -0.39 is 11.5 Å². The molecule has 3 N–H and O–H groups in total. The second kappa shape index (κ2) is 4.05. The number of hydrogen-bond donors (Lipinski definition) is 3. The summed E-state index contributed by atoms with van der Waals surface area (Å²) in [6.07, 6.45) is 3.56. The zero-order valence-corrected chi connectivity index (χ0v) is 9.45. The van der Waals surface area contributed by atoms with Crippen molar-refractivity contribution in [3.63, 3.8) is 0 Å². The van der Waals surface area contributed by atoms with Gasteiger partial charge in [-0.15, -0.1) is 0 Å². The average molecular weight is 226 g/mol. The van der Waals surface area contributed by atoms with Crippen LogP contribution < -0.4 is 10.6 Å². The third-order valence-corrected chi connectivity index (χ3v) is 3.60. The van der Waals surface area contributed by atoms with Gasteiger partial charge in [-0.3, -0.25) is 4.79 Å². The summed E-state index contributed by atoms with van der Waals surface area (Å²) < 4.78 is 0. The average Bonchev–Trinajstić information content (AvgIpc) is 2.94. The SMILES string of the molecule is CC(NC(=O)[C@@H]1CCCN1)(C(=O)O)C1CC1. The normalized spacial score (nSPS) is 28.4. The molecular weight excluding hydrogens is 208 g/mol. The van der Waals surface area contributed by atoms with Gasteiger partial charge < -0.3 is 15.7 Å². The highest BCUT2D eigenvalue weighted by atomic mass is 16.4. The predicted molar refractivity (Wildman–Crippen MR) is 57.9 cm³/mol. The third kappa shape index (κ3) is 2.04. The van der Waals surface area contributed by atoms with Crippen LogP contribution in [-0.4, -0.2) is 35.1 Å². The Kier molecular flexibility index (Phi) is 2.88. The van der Waals surface area contributed by atoms with Crippen LogP contribution in [-0.2, 0) is 9.59 Å². The Hall–Kier alpha value is -1.10. The number of carbonyl (C=O) groups excluding carboxylic acids is 1. The number of carboxylic acids is 1. The molecule has 2 fully saturated rings. The van der Waals surface area contributed by atoms with Gasteiger partial charge >= 0.3 is 5.97 Å². The van der Waals surface area contributed by atoms with Crippen molar-refractivity contribution in [3.8, 4) is 0 Å². The molecule has 0 aromatic heterocycles. The van der Waals surface area contributed by atoms with Gasteiger partial charge in [0.05, 0.1) is 6.04 Å². The molecule has 1 saturated carbocycles. The summed E-state index contributed by atoms with van der Waals surface area (Å²) in [5, 5.41) is 15.0. The molecule has 2 rings (SSSR count). The largest absolute Gasteiger partial charge is 0.480 e. The molecule has 0 spiro atoms. The minimum absolute atomic E-state index is 0.0929. The van der Waals surface area contributed by atoms with E-state index in [1.54, 1.807) is 6.92 Å². The fourth-order valence-electron chi connectivity index (χ4n) is 2.24. The summed E-state index contributed by atoms with van der Waals surface area (Å²) in [5.41, 5.74) is -1.08. The van der Waals surface area contributed by atoms with Crippen molar-refractivity contribution in [2.24, 2.45) is 5.92 Å². The molecule has 90 valence electrons. The molecule has 1 aliphatic heterocycles. The van der Waals surface area contributed by atoms with Crippen LogP contribution in [0.3, 0.4) is 0 Å². The highest BCUT2D eigenvalue weighted by Gasteiger charge is 2.49. The number of aliphatic carboxylic acids is 1. The molecule has 2 atom stereocenters. The fraction of sp³-hybridized carbons (Fsp3) is 0.818. The summed E-state index contributed by atoms with van der Waals surface area (Å²) in [5.74, 6) is -1.01. The second-order valence-electron chi connectivity index (χ2n) is 4.92. The van der Waals surface area contributed by atoms with E-state index in [0.29, 0.717) is 0 Å². The smallest absolute Gasteiger partial charge is 0.329 e. The maximum Gasteiger partial charge on any atom is 0.329 e. The van der Waals surface area contributed by atoms with E-state index in [-0.39, 0.29) is 17.9 Å². The van der Waals surface area contributed by atoms with Crippen molar-refractivity contribution in [2.75, 3.05) is 6.54 Å². The van der Waals surface area contributed by atoms with Gasteiger partial charge in [-0.05, 0) is 45.1 Å².